The monoisotopic (exact) mass is 296 g/mol. The van der Waals surface area contributed by atoms with Crippen LogP contribution in [-0.2, 0) is 4.79 Å². The molecule has 1 aromatic heterocycles. The zero-order chi connectivity index (χ0) is 14.7. The summed E-state index contributed by atoms with van der Waals surface area (Å²) in [5.41, 5.74) is 0.237. The van der Waals surface area contributed by atoms with E-state index in [4.69, 9.17) is 11.6 Å². The minimum absolute atomic E-state index is 0.0175. The van der Waals surface area contributed by atoms with Gasteiger partial charge in [0, 0.05) is 32.1 Å². The number of carbonyl (C=O) groups is 2. The van der Waals surface area contributed by atoms with Gasteiger partial charge in [0.2, 0.25) is 5.91 Å². The molecule has 0 bridgehead atoms. The SMILES string of the molecule is CC(C)C(=O)N1CCN(C(=O)c2cncc(Cl)n2)CC1. The first-order valence-electron chi connectivity index (χ1n) is 6.54. The number of aromatic nitrogens is 2. The molecular weight excluding hydrogens is 280 g/mol. The summed E-state index contributed by atoms with van der Waals surface area (Å²) in [5, 5.41) is 0.199. The third-order valence-electron chi connectivity index (χ3n) is 3.20. The van der Waals surface area contributed by atoms with Crippen molar-refractivity contribution in [2.24, 2.45) is 5.92 Å². The van der Waals surface area contributed by atoms with Crippen LogP contribution in [0, 0.1) is 5.92 Å². The van der Waals surface area contributed by atoms with Gasteiger partial charge in [0.25, 0.3) is 5.91 Å². The molecule has 0 radical (unpaired) electrons. The van der Waals surface area contributed by atoms with E-state index in [9.17, 15) is 9.59 Å². The third-order valence-corrected chi connectivity index (χ3v) is 3.38. The lowest BCUT2D eigenvalue weighted by atomic mass is 10.1. The van der Waals surface area contributed by atoms with Crippen LogP contribution in [0.5, 0.6) is 0 Å². The zero-order valence-corrected chi connectivity index (χ0v) is 12.3. The molecule has 0 N–H and O–H groups in total. The number of nitrogens with zero attached hydrogens (tertiary/aromatic N) is 4. The van der Waals surface area contributed by atoms with Gasteiger partial charge in [-0.15, -0.1) is 0 Å². The summed E-state index contributed by atoms with van der Waals surface area (Å²) in [6.45, 7) is 5.87. The second-order valence-corrected chi connectivity index (χ2v) is 5.39. The maximum atomic E-state index is 12.2. The van der Waals surface area contributed by atoms with Crippen LogP contribution in [0.3, 0.4) is 0 Å². The minimum Gasteiger partial charge on any atom is -0.339 e. The van der Waals surface area contributed by atoms with Gasteiger partial charge in [-0.05, 0) is 0 Å². The van der Waals surface area contributed by atoms with E-state index in [1.165, 1.54) is 12.4 Å². The van der Waals surface area contributed by atoms with Gasteiger partial charge in [0.15, 0.2) is 0 Å². The summed E-state index contributed by atoms with van der Waals surface area (Å²) < 4.78 is 0. The molecule has 0 aliphatic carbocycles. The zero-order valence-electron chi connectivity index (χ0n) is 11.5. The fourth-order valence-corrected chi connectivity index (χ4v) is 2.25. The summed E-state index contributed by atoms with van der Waals surface area (Å²) in [5.74, 6) is -0.0904. The van der Waals surface area contributed by atoms with Crippen molar-refractivity contribution in [1.82, 2.24) is 19.8 Å². The molecule has 0 spiro atoms. The van der Waals surface area contributed by atoms with Crippen LogP contribution in [0.4, 0.5) is 0 Å². The first-order valence-corrected chi connectivity index (χ1v) is 6.92. The van der Waals surface area contributed by atoms with Gasteiger partial charge >= 0.3 is 0 Å². The largest absolute Gasteiger partial charge is 0.339 e. The van der Waals surface area contributed by atoms with Crippen molar-refractivity contribution in [3.63, 3.8) is 0 Å². The Hall–Kier alpha value is -1.69. The van der Waals surface area contributed by atoms with Crippen LogP contribution in [0.25, 0.3) is 0 Å². The van der Waals surface area contributed by atoms with Crippen LogP contribution in [0.15, 0.2) is 12.4 Å². The Bertz CT molecular complexity index is 513. The molecule has 1 aromatic rings. The summed E-state index contributed by atoms with van der Waals surface area (Å²) in [7, 11) is 0. The maximum absolute atomic E-state index is 12.2. The van der Waals surface area contributed by atoms with Crippen molar-refractivity contribution in [2.75, 3.05) is 26.2 Å². The normalized spacial score (nSPS) is 15.6. The number of halogens is 1. The summed E-state index contributed by atoms with van der Waals surface area (Å²) in [6, 6.07) is 0. The van der Waals surface area contributed by atoms with Crippen LogP contribution >= 0.6 is 11.6 Å². The molecular formula is C13H17ClN4O2. The average Bonchev–Trinajstić information content (AvgIpc) is 2.46. The standard InChI is InChI=1S/C13H17ClN4O2/c1-9(2)12(19)17-3-5-18(6-4-17)13(20)10-7-15-8-11(14)16-10/h7-9H,3-6H2,1-2H3. The highest BCUT2D eigenvalue weighted by atomic mass is 35.5. The number of piperazine rings is 1. The number of rotatable bonds is 2. The summed E-state index contributed by atoms with van der Waals surface area (Å²) in [6.07, 6.45) is 2.79. The van der Waals surface area contributed by atoms with E-state index in [0.29, 0.717) is 26.2 Å². The second-order valence-electron chi connectivity index (χ2n) is 5.00. The number of amides is 2. The second kappa shape index (κ2) is 6.17. The van der Waals surface area contributed by atoms with E-state index in [1.54, 1.807) is 9.80 Å². The average molecular weight is 297 g/mol. The minimum atomic E-state index is -0.198. The molecule has 7 heteroatoms. The van der Waals surface area contributed by atoms with Gasteiger partial charge < -0.3 is 9.80 Å². The van der Waals surface area contributed by atoms with Gasteiger partial charge in [-0.3, -0.25) is 14.6 Å². The van der Waals surface area contributed by atoms with Crippen molar-refractivity contribution in [3.05, 3.63) is 23.2 Å². The quantitative estimate of drug-likeness (QED) is 0.819. The van der Waals surface area contributed by atoms with Crippen molar-refractivity contribution in [1.29, 1.82) is 0 Å². The third kappa shape index (κ3) is 3.25. The lowest BCUT2D eigenvalue weighted by molar-refractivity contribution is -0.135. The fourth-order valence-electron chi connectivity index (χ4n) is 2.10. The highest BCUT2D eigenvalue weighted by Gasteiger charge is 2.26. The van der Waals surface area contributed by atoms with Crippen LogP contribution < -0.4 is 0 Å². The number of hydrogen-bond donors (Lipinski definition) is 0. The van der Waals surface area contributed by atoms with Crippen molar-refractivity contribution < 1.29 is 9.59 Å². The predicted octanol–water partition coefficient (Wildman–Crippen LogP) is 1.07. The Morgan fingerprint density at radius 1 is 1.15 bits per heavy atom. The van der Waals surface area contributed by atoms with Gasteiger partial charge in [-0.25, -0.2) is 4.98 Å². The van der Waals surface area contributed by atoms with Crippen molar-refractivity contribution in [3.8, 4) is 0 Å². The van der Waals surface area contributed by atoms with E-state index < -0.39 is 0 Å². The fraction of sp³-hybridized carbons (Fsp3) is 0.538. The van der Waals surface area contributed by atoms with Crippen molar-refractivity contribution >= 4 is 23.4 Å². The molecule has 6 nitrogen and oxygen atoms in total. The highest BCUT2D eigenvalue weighted by Crippen LogP contribution is 2.11. The van der Waals surface area contributed by atoms with Crippen LogP contribution in [0.1, 0.15) is 24.3 Å². The van der Waals surface area contributed by atoms with Crippen LogP contribution in [0.2, 0.25) is 5.15 Å². The Morgan fingerprint density at radius 2 is 1.75 bits per heavy atom. The Labute approximate surface area is 122 Å². The Kier molecular flexibility index (Phi) is 4.54. The summed E-state index contributed by atoms with van der Waals surface area (Å²) in [4.78, 5) is 35.4. The molecule has 108 valence electrons. The molecule has 2 amide bonds. The maximum Gasteiger partial charge on any atom is 0.274 e. The van der Waals surface area contributed by atoms with E-state index >= 15 is 0 Å². The van der Waals surface area contributed by atoms with E-state index in [-0.39, 0.29) is 28.6 Å². The van der Waals surface area contributed by atoms with Gasteiger partial charge in [-0.2, -0.15) is 0 Å². The molecule has 0 saturated carbocycles. The Morgan fingerprint density at radius 3 is 2.30 bits per heavy atom. The smallest absolute Gasteiger partial charge is 0.274 e. The van der Waals surface area contributed by atoms with E-state index in [1.807, 2.05) is 13.8 Å². The van der Waals surface area contributed by atoms with E-state index in [2.05, 4.69) is 9.97 Å². The van der Waals surface area contributed by atoms with Gasteiger partial charge in [0.1, 0.15) is 10.8 Å². The molecule has 1 fully saturated rings. The molecule has 1 saturated heterocycles. The molecule has 1 aliphatic heterocycles. The lowest BCUT2D eigenvalue weighted by Crippen LogP contribution is -2.51. The number of hydrogen-bond acceptors (Lipinski definition) is 4. The highest BCUT2D eigenvalue weighted by molar-refractivity contribution is 6.29. The molecule has 2 heterocycles. The lowest BCUT2D eigenvalue weighted by Gasteiger charge is -2.35. The molecule has 0 unspecified atom stereocenters. The molecule has 1 aliphatic rings. The summed E-state index contributed by atoms with van der Waals surface area (Å²) >= 11 is 5.73. The van der Waals surface area contributed by atoms with Crippen LogP contribution in [-0.4, -0.2) is 57.8 Å². The first kappa shape index (κ1) is 14.7. The van der Waals surface area contributed by atoms with Crippen molar-refractivity contribution in [2.45, 2.75) is 13.8 Å². The molecule has 20 heavy (non-hydrogen) atoms. The van der Waals surface area contributed by atoms with Gasteiger partial charge in [0.05, 0.1) is 12.4 Å². The van der Waals surface area contributed by atoms with E-state index in [0.717, 1.165) is 0 Å². The predicted molar refractivity (Wildman–Crippen MR) is 74.4 cm³/mol. The topological polar surface area (TPSA) is 66.4 Å². The molecule has 0 atom stereocenters. The first-order chi connectivity index (χ1) is 9.49. The van der Waals surface area contributed by atoms with Gasteiger partial charge in [-0.1, -0.05) is 25.4 Å². The Balaban J connectivity index is 1.97. The molecule has 2 rings (SSSR count). The molecule has 0 aromatic carbocycles. The number of carbonyl (C=O) groups excluding carboxylic acids is 2.